The van der Waals surface area contributed by atoms with Crippen LogP contribution in [0.3, 0.4) is 0 Å². The quantitative estimate of drug-likeness (QED) is 0.652. The summed E-state index contributed by atoms with van der Waals surface area (Å²) in [4.78, 5) is 34.7. The fourth-order valence-electron chi connectivity index (χ4n) is 2.79. The van der Waals surface area contributed by atoms with Crippen molar-refractivity contribution in [2.75, 3.05) is 13.1 Å². The monoisotopic (exact) mass is 343 g/mol. The second-order valence-electron chi connectivity index (χ2n) is 5.96. The molecule has 3 heterocycles. The highest BCUT2D eigenvalue weighted by Crippen LogP contribution is 2.13. The van der Waals surface area contributed by atoms with Gasteiger partial charge in [-0.3, -0.25) is 24.6 Å². The van der Waals surface area contributed by atoms with E-state index in [0.717, 1.165) is 5.56 Å². The van der Waals surface area contributed by atoms with Crippen LogP contribution in [0.5, 0.6) is 0 Å². The fraction of sp³-hybridized carbons (Fsp3) is 0.438. The van der Waals surface area contributed by atoms with Gasteiger partial charge in [-0.2, -0.15) is 5.10 Å². The van der Waals surface area contributed by atoms with Crippen molar-refractivity contribution in [2.45, 2.75) is 32.5 Å². The van der Waals surface area contributed by atoms with Crippen molar-refractivity contribution in [1.29, 1.82) is 0 Å². The topological polar surface area (TPSA) is 116 Å². The van der Waals surface area contributed by atoms with Crippen LogP contribution in [0.1, 0.15) is 23.6 Å². The van der Waals surface area contributed by atoms with Gasteiger partial charge in [0.2, 0.25) is 11.8 Å². The summed E-state index contributed by atoms with van der Waals surface area (Å²) in [6.07, 6.45) is 3.58. The van der Waals surface area contributed by atoms with Crippen LogP contribution in [-0.4, -0.2) is 56.0 Å². The molecule has 0 bridgehead atoms. The molecule has 0 radical (unpaired) electrons. The number of H-pyrrole nitrogens is 1. The number of piperazine rings is 1. The summed E-state index contributed by atoms with van der Waals surface area (Å²) in [7, 11) is 0. The molecule has 0 aromatic carbocycles. The van der Waals surface area contributed by atoms with Gasteiger partial charge in [0.25, 0.3) is 0 Å². The highest BCUT2D eigenvalue weighted by Gasteiger charge is 2.31. The van der Waals surface area contributed by atoms with Gasteiger partial charge in [0.05, 0.1) is 19.0 Å². The number of aryl methyl sites for hydroxylation is 1. The van der Waals surface area contributed by atoms with Gasteiger partial charge in [0.15, 0.2) is 5.82 Å². The Hall–Kier alpha value is -2.81. The van der Waals surface area contributed by atoms with E-state index in [1.807, 2.05) is 17.0 Å². The van der Waals surface area contributed by atoms with Crippen molar-refractivity contribution in [3.05, 3.63) is 41.7 Å². The number of aromatic nitrogens is 4. The summed E-state index contributed by atoms with van der Waals surface area (Å²) < 4.78 is 0. The molecular weight excluding hydrogens is 322 g/mol. The molecule has 1 atom stereocenters. The third kappa shape index (κ3) is 4.60. The number of aromatic amines is 1. The molecule has 9 heteroatoms. The van der Waals surface area contributed by atoms with E-state index in [-0.39, 0.29) is 24.8 Å². The molecule has 3 N–H and O–H groups in total. The molecule has 0 spiro atoms. The molecule has 1 aliphatic heterocycles. The third-order valence-electron chi connectivity index (χ3n) is 4.02. The number of hydrogen-bond donors (Lipinski definition) is 3. The van der Waals surface area contributed by atoms with Crippen molar-refractivity contribution in [2.24, 2.45) is 0 Å². The van der Waals surface area contributed by atoms with Gasteiger partial charge < -0.3 is 10.6 Å². The van der Waals surface area contributed by atoms with Crippen molar-refractivity contribution in [3.63, 3.8) is 0 Å². The molecule has 1 saturated heterocycles. The molecule has 0 aliphatic carbocycles. The summed E-state index contributed by atoms with van der Waals surface area (Å²) in [5.41, 5.74) is 1.01. The molecule has 2 aromatic heterocycles. The molecule has 0 saturated carbocycles. The molecule has 3 rings (SSSR count). The maximum absolute atomic E-state index is 12.2. The lowest BCUT2D eigenvalue weighted by Gasteiger charge is -2.34. The molecule has 1 fully saturated rings. The average Bonchev–Trinajstić information content (AvgIpc) is 3.02. The number of hydrogen-bond acceptors (Lipinski definition) is 6. The zero-order chi connectivity index (χ0) is 17.6. The van der Waals surface area contributed by atoms with Crippen LogP contribution in [-0.2, 0) is 22.7 Å². The predicted molar refractivity (Wildman–Crippen MR) is 89.0 cm³/mol. The van der Waals surface area contributed by atoms with Gasteiger partial charge in [-0.05, 0) is 18.6 Å². The Morgan fingerprint density at radius 3 is 3.08 bits per heavy atom. The average molecular weight is 343 g/mol. The molecule has 9 nitrogen and oxygen atoms in total. The summed E-state index contributed by atoms with van der Waals surface area (Å²) in [6, 6.07) is 3.32. The lowest BCUT2D eigenvalue weighted by molar-refractivity contribution is -0.134. The number of nitrogens with zero attached hydrogens (tertiary/aromatic N) is 4. The zero-order valence-corrected chi connectivity index (χ0v) is 14.0. The van der Waals surface area contributed by atoms with Crippen molar-refractivity contribution < 1.29 is 9.59 Å². The lowest BCUT2D eigenvalue weighted by Crippen LogP contribution is -2.56. The van der Waals surface area contributed by atoms with Crippen molar-refractivity contribution in [3.8, 4) is 0 Å². The van der Waals surface area contributed by atoms with E-state index >= 15 is 0 Å². The van der Waals surface area contributed by atoms with E-state index in [4.69, 9.17) is 0 Å². The Labute approximate surface area is 145 Å². The number of carbonyl (C=O) groups excluding carboxylic acids is 2. The normalized spacial score (nSPS) is 18.0. The number of nitrogens with one attached hydrogen (secondary N) is 3. The van der Waals surface area contributed by atoms with E-state index < -0.39 is 6.04 Å². The minimum absolute atomic E-state index is 0.0928. The molecule has 1 unspecified atom stereocenters. The zero-order valence-electron chi connectivity index (χ0n) is 14.0. The molecule has 132 valence electrons. The number of rotatable bonds is 6. The van der Waals surface area contributed by atoms with Crippen LogP contribution < -0.4 is 10.6 Å². The summed E-state index contributed by atoms with van der Waals surface area (Å²) in [6.45, 7) is 3.88. The Morgan fingerprint density at radius 1 is 1.48 bits per heavy atom. The number of carbonyl (C=O) groups is 2. The van der Waals surface area contributed by atoms with Crippen LogP contribution in [0.2, 0.25) is 0 Å². The highest BCUT2D eigenvalue weighted by molar-refractivity contribution is 5.88. The molecule has 25 heavy (non-hydrogen) atoms. The van der Waals surface area contributed by atoms with E-state index in [9.17, 15) is 9.59 Å². The first-order chi connectivity index (χ1) is 12.1. The Bertz CT molecular complexity index is 731. The molecule has 2 aromatic rings. The first-order valence-corrected chi connectivity index (χ1v) is 8.17. The van der Waals surface area contributed by atoms with Gasteiger partial charge in [0.1, 0.15) is 5.82 Å². The standard InChI is InChI=1S/C16H21N7O2/c1-11-20-14(22-21-11)9-19-15(24)7-13-16(25)18-5-6-23(13)10-12-3-2-4-17-8-12/h2-4,8,13H,5-7,9-10H2,1H3,(H,18,25)(H,19,24)(H,20,21,22). The van der Waals surface area contributed by atoms with Gasteiger partial charge in [-0.25, -0.2) is 4.98 Å². The van der Waals surface area contributed by atoms with Crippen LogP contribution in [0.15, 0.2) is 24.5 Å². The van der Waals surface area contributed by atoms with E-state index in [1.54, 1.807) is 19.3 Å². The van der Waals surface area contributed by atoms with E-state index in [0.29, 0.717) is 31.3 Å². The second kappa shape index (κ2) is 7.84. The van der Waals surface area contributed by atoms with Crippen LogP contribution in [0.4, 0.5) is 0 Å². The Balaban J connectivity index is 1.58. The number of pyridine rings is 1. The predicted octanol–water partition coefficient (Wildman–Crippen LogP) is -0.485. The van der Waals surface area contributed by atoms with Crippen LogP contribution in [0.25, 0.3) is 0 Å². The largest absolute Gasteiger partial charge is 0.353 e. The first kappa shape index (κ1) is 17.0. The van der Waals surface area contributed by atoms with Crippen LogP contribution in [0, 0.1) is 6.92 Å². The van der Waals surface area contributed by atoms with E-state index in [2.05, 4.69) is 30.8 Å². The van der Waals surface area contributed by atoms with Gasteiger partial charge in [-0.1, -0.05) is 6.07 Å². The highest BCUT2D eigenvalue weighted by atomic mass is 16.2. The smallest absolute Gasteiger partial charge is 0.237 e. The molecular formula is C16H21N7O2. The minimum Gasteiger partial charge on any atom is -0.353 e. The summed E-state index contributed by atoms with van der Waals surface area (Å²) >= 11 is 0. The molecule has 2 amide bonds. The minimum atomic E-state index is -0.497. The van der Waals surface area contributed by atoms with Crippen LogP contribution >= 0.6 is 0 Å². The van der Waals surface area contributed by atoms with Gasteiger partial charge >= 0.3 is 0 Å². The Kier molecular flexibility index (Phi) is 5.34. The Morgan fingerprint density at radius 2 is 2.36 bits per heavy atom. The van der Waals surface area contributed by atoms with Crippen molar-refractivity contribution >= 4 is 11.8 Å². The molecule has 1 aliphatic rings. The summed E-state index contributed by atoms with van der Waals surface area (Å²) in [5, 5.41) is 12.3. The van der Waals surface area contributed by atoms with E-state index in [1.165, 1.54) is 0 Å². The van der Waals surface area contributed by atoms with Gasteiger partial charge in [0, 0.05) is 32.0 Å². The SMILES string of the molecule is Cc1nc(CNC(=O)CC2C(=O)NCCN2Cc2cccnc2)n[nH]1. The maximum atomic E-state index is 12.2. The number of amides is 2. The third-order valence-corrected chi connectivity index (χ3v) is 4.02. The van der Waals surface area contributed by atoms with Crippen molar-refractivity contribution in [1.82, 2.24) is 35.7 Å². The second-order valence-corrected chi connectivity index (χ2v) is 5.96. The first-order valence-electron chi connectivity index (χ1n) is 8.17. The summed E-state index contributed by atoms with van der Waals surface area (Å²) in [5.74, 6) is 0.879. The van der Waals surface area contributed by atoms with Gasteiger partial charge in [-0.15, -0.1) is 0 Å². The maximum Gasteiger partial charge on any atom is 0.237 e. The lowest BCUT2D eigenvalue weighted by atomic mass is 10.1. The fourth-order valence-corrected chi connectivity index (χ4v) is 2.79.